The van der Waals surface area contributed by atoms with Crippen molar-refractivity contribution in [3.05, 3.63) is 137 Å². The lowest BCUT2D eigenvalue weighted by atomic mass is 9.39. The van der Waals surface area contributed by atoms with E-state index in [1.54, 1.807) is 22.3 Å². The summed E-state index contributed by atoms with van der Waals surface area (Å²) in [6, 6.07) is 31.9. The fraction of sp³-hybridized carbons (Fsp3) is 0.0645. The predicted octanol–water partition coefficient (Wildman–Crippen LogP) is 3.21. The molecule has 0 bridgehead atoms. The third-order valence-electron chi connectivity index (χ3n) is 8.17. The topological polar surface area (TPSA) is 68.5 Å². The molecule has 4 aliphatic rings. The maximum absolute atomic E-state index is 12.5. The minimum absolute atomic E-state index is 0.00222. The van der Waals surface area contributed by atoms with Crippen molar-refractivity contribution < 1.29 is 9.82 Å². The molecule has 4 aromatic rings. The molecule has 4 heterocycles. The molecule has 0 radical (unpaired) electrons. The van der Waals surface area contributed by atoms with Crippen molar-refractivity contribution in [2.45, 2.75) is 12.6 Å². The molecule has 1 unspecified atom stereocenters. The highest BCUT2D eigenvalue weighted by Gasteiger charge is 2.41. The van der Waals surface area contributed by atoms with Crippen LogP contribution >= 0.6 is 0 Å². The van der Waals surface area contributed by atoms with Crippen LogP contribution < -0.4 is 10.9 Å². The van der Waals surface area contributed by atoms with Crippen molar-refractivity contribution in [2.75, 3.05) is 0 Å². The molecule has 39 heavy (non-hydrogen) atoms. The van der Waals surface area contributed by atoms with Crippen molar-refractivity contribution in [1.29, 1.82) is 0 Å². The summed E-state index contributed by atoms with van der Waals surface area (Å²) in [4.78, 5) is 15.8. The first-order valence-corrected chi connectivity index (χ1v) is 13.2. The van der Waals surface area contributed by atoms with Crippen molar-refractivity contribution in [3.8, 4) is 0 Å². The van der Waals surface area contributed by atoms with Gasteiger partial charge in [0.1, 0.15) is 0 Å². The molecular weight excluding hydrogens is 482 g/mol. The highest BCUT2D eigenvalue weighted by atomic mass is 16.2. The van der Waals surface area contributed by atoms with Gasteiger partial charge >= 0.3 is 6.85 Å². The van der Waals surface area contributed by atoms with E-state index in [-0.39, 0.29) is 12.8 Å². The van der Waals surface area contributed by atoms with Crippen LogP contribution in [0.5, 0.6) is 0 Å². The van der Waals surface area contributed by atoms with Gasteiger partial charge in [-0.1, -0.05) is 103 Å². The Morgan fingerprint density at radius 2 is 1.41 bits per heavy atom. The van der Waals surface area contributed by atoms with Crippen molar-refractivity contribution >= 4 is 48.3 Å². The predicted molar refractivity (Wildman–Crippen MR) is 158 cm³/mol. The molecule has 0 spiro atoms. The molecule has 0 fully saturated rings. The summed E-state index contributed by atoms with van der Waals surface area (Å²) in [5.74, 6) is -0.00222. The van der Waals surface area contributed by atoms with Crippen LogP contribution in [-0.2, 0) is 12.6 Å². The van der Waals surface area contributed by atoms with Crippen LogP contribution in [0.1, 0.15) is 38.2 Å². The summed E-state index contributed by atoms with van der Waals surface area (Å²) >= 11 is 0. The summed E-state index contributed by atoms with van der Waals surface area (Å²) in [6.07, 6.45) is 4.97. The Balaban J connectivity index is 0.000000130. The highest BCUT2D eigenvalue weighted by molar-refractivity contribution is 6.85. The van der Waals surface area contributed by atoms with Gasteiger partial charge in [-0.2, -0.15) is 5.10 Å². The van der Waals surface area contributed by atoms with E-state index >= 15 is 0 Å². The first-order valence-electron chi connectivity index (χ1n) is 13.2. The standard InChI is InChI=1S/C16H14BN2O.C15H11BN2O/c1-12-15-8-4-2-6-13(15)10-17(20)16-9-5-3-7-14(16)11-18-19(12)17;19-15-13-7-3-1-5-11(13)9-16-14-8-4-2-6-12(14)10-17-18(15)16/h2-9,11,20H,1,10H2;1-8,10H,9H2/q-1;. The number of fused-ring (bicyclic) bond motifs is 8. The molecular formula is C31H25B2N4O2-. The molecule has 0 aliphatic carbocycles. The molecule has 8 rings (SSSR count). The Bertz CT molecular complexity index is 1720. The largest absolute Gasteiger partial charge is 0.583 e. The third kappa shape index (κ3) is 3.67. The van der Waals surface area contributed by atoms with Gasteiger partial charge < -0.3 is 9.94 Å². The SMILES string of the molecule is C=C1c2ccccc2C[B-]2(O)c3ccccc3C=NN12.O=C1c2ccccc2CB2c3ccccc3C=NN21. The number of hydrogen-bond acceptors (Lipinski definition) is 5. The second-order valence-corrected chi connectivity index (χ2v) is 10.4. The number of rotatable bonds is 0. The first-order chi connectivity index (χ1) is 19.0. The van der Waals surface area contributed by atoms with E-state index in [0.717, 1.165) is 50.9 Å². The maximum atomic E-state index is 12.5. The minimum atomic E-state index is -1.91. The van der Waals surface area contributed by atoms with Gasteiger partial charge in [-0.05, 0) is 40.1 Å². The smallest absolute Gasteiger partial charge is 0.326 e. The van der Waals surface area contributed by atoms with Crippen molar-refractivity contribution in [3.63, 3.8) is 0 Å². The molecule has 4 aliphatic heterocycles. The number of carbonyl (C=O) groups excluding carboxylic acids is 1. The normalized spacial score (nSPS) is 19.6. The van der Waals surface area contributed by atoms with Crippen molar-refractivity contribution in [2.24, 2.45) is 10.2 Å². The van der Waals surface area contributed by atoms with E-state index in [4.69, 9.17) is 0 Å². The molecule has 4 aromatic carbocycles. The summed E-state index contributed by atoms with van der Waals surface area (Å²) in [5.41, 5.74) is 9.06. The third-order valence-corrected chi connectivity index (χ3v) is 8.17. The Kier molecular flexibility index (Phi) is 5.39. The van der Waals surface area contributed by atoms with Gasteiger partial charge in [-0.3, -0.25) is 9.71 Å². The lowest BCUT2D eigenvalue weighted by molar-refractivity contribution is 0.0852. The Morgan fingerprint density at radius 3 is 2.26 bits per heavy atom. The molecule has 0 aromatic heterocycles. The quantitative estimate of drug-likeness (QED) is 0.372. The average molecular weight is 507 g/mol. The zero-order valence-electron chi connectivity index (χ0n) is 21.3. The number of nitrogens with zero attached hydrogens (tertiary/aromatic N) is 4. The Labute approximate surface area is 227 Å². The zero-order chi connectivity index (χ0) is 26.6. The molecule has 188 valence electrons. The number of hydrogen-bond donors (Lipinski definition) is 1. The van der Waals surface area contributed by atoms with E-state index in [2.05, 4.69) is 28.9 Å². The lowest BCUT2D eigenvalue weighted by Gasteiger charge is -2.52. The fourth-order valence-electron chi connectivity index (χ4n) is 6.25. The van der Waals surface area contributed by atoms with Crippen LogP contribution in [0.3, 0.4) is 0 Å². The van der Waals surface area contributed by atoms with Gasteiger partial charge in [-0.25, -0.2) is 5.10 Å². The van der Waals surface area contributed by atoms with Gasteiger partial charge in [0.15, 0.2) is 0 Å². The minimum Gasteiger partial charge on any atom is -0.583 e. The van der Waals surface area contributed by atoms with Gasteiger partial charge in [-0.15, -0.1) is 11.8 Å². The number of hydrazone groups is 2. The molecule has 1 N–H and O–H groups in total. The molecule has 0 saturated heterocycles. The van der Waals surface area contributed by atoms with Crippen LogP contribution in [0.2, 0.25) is 0 Å². The van der Waals surface area contributed by atoms with Crippen LogP contribution in [0.4, 0.5) is 0 Å². The zero-order valence-corrected chi connectivity index (χ0v) is 21.3. The molecule has 8 heteroatoms. The van der Waals surface area contributed by atoms with Gasteiger partial charge in [0.25, 0.3) is 12.4 Å². The number of carbonyl (C=O) groups is 1. The maximum Gasteiger partial charge on any atom is 0.326 e. The van der Waals surface area contributed by atoms with Gasteiger partial charge in [0.2, 0.25) is 0 Å². The molecule has 1 atom stereocenters. The number of benzene rings is 4. The van der Waals surface area contributed by atoms with E-state index < -0.39 is 6.48 Å². The van der Waals surface area contributed by atoms with E-state index in [0.29, 0.717) is 6.32 Å². The van der Waals surface area contributed by atoms with Crippen LogP contribution in [0.25, 0.3) is 5.70 Å². The number of amides is 1. The summed E-state index contributed by atoms with van der Waals surface area (Å²) in [7, 11) is 0. The first kappa shape index (κ1) is 23.4. The van der Waals surface area contributed by atoms with Crippen LogP contribution in [-0.4, -0.2) is 46.5 Å². The Hall–Kier alpha value is -4.68. The fourth-order valence-corrected chi connectivity index (χ4v) is 6.25. The van der Waals surface area contributed by atoms with Gasteiger partial charge in [0.05, 0.1) is 6.21 Å². The lowest BCUT2D eigenvalue weighted by Crippen LogP contribution is -2.66. The van der Waals surface area contributed by atoms with Gasteiger partial charge in [0, 0.05) is 17.5 Å². The average Bonchev–Trinajstić information content (AvgIpc) is 2.98. The van der Waals surface area contributed by atoms with E-state index in [1.165, 1.54) is 5.46 Å². The second-order valence-electron chi connectivity index (χ2n) is 10.4. The van der Waals surface area contributed by atoms with E-state index in [1.807, 2.05) is 84.9 Å². The van der Waals surface area contributed by atoms with Crippen LogP contribution in [0.15, 0.2) is 114 Å². The van der Waals surface area contributed by atoms with Crippen LogP contribution in [0, 0.1) is 0 Å². The monoisotopic (exact) mass is 507 g/mol. The molecule has 6 nitrogen and oxygen atoms in total. The molecule has 1 amide bonds. The molecule has 0 saturated carbocycles. The van der Waals surface area contributed by atoms with Crippen molar-refractivity contribution in [1.82, 2.24) is 9.84 Å². The summed E-state index contributed by atoms with van der Waals surface area (Å²) in [5, 5.41) is 20.0. The summed E-state index contributed by atoms with van der Waals surface area (Å²) in [6.45, 7) is 2.25. The van der Waals surface area contributed by atoms with E-state index in [9.17, 15) is 9.82 Å². The highest BCUT2D eigenvalue weighted by Crippen LogP contribution is 2.35. The second kappa shape index (κ2) is 8.96. The Morgan fingerprint density at radius 1 is 0.769 bits per heavy atom. The summed E-state index contributed by atoms with van der Waals surface area (Å²) < 4.78 is 0.